The van der Waals surface area contributed by atoms with Crippen molar-refractivity contribution in [1.29, 1.82) is 0 Å². The van der Waals surface area contributed by atoms with Crippen molar-refractivity contribution in [3.63, 3.8) is 0 Å². The molecule has 0 radical (unpaired) electrons. The molecule has 0 atom stereocenters. The van der Waals surface area contributed by atoms with Crippen LogP contribution in [0.3, 0.4) is 0 Å². The lowest BCUT2D eigenvalue weighted by molar-refractivity contribution is 1.10. The Balaban J connectivity index is 2.22. The first kappa shape index (κ1) is 9.06. The maximum absolute atomic E-state index is 4.43. The zero-order valence-electron chi connectivity index (χ0n) is 7.59. The average Bonchev–Trinajstić information content (AvgIpc) is 2.84. The minimum absolute atomic E-state index is 0.722. The van der Waals surface area contributed by atoms with Crippen LogP contribution in [0.4, 0.5) is 0 Å². The van der Waals surface area contributed by atoms with Crippen LogP contribution in [0.1, 0.15) is 0 Å². The number of nitrogens with zero attached hydrogens (tertiary/aromatic N) is 3. The van der Waals surface area contributed by atoms with Crippen molar-refractivity contribution in [3.8, 4) is 11.3 Å². The molecule has 0 spiro atoms. The lowest BCUT2D eigenvalue weighted by Gasteiger charge is -1.90. The molecule has 0 aliphatic heterocycles. The molecule has 0 N–H and O–H groups in total. The maximum atomic E-state index is 4.43. The zero-order chi connectivity index (χ0) is 10.3. The Morgan fingerprint density at radius 3 is 3.07 bits per heavy atom. The second-order valence-electron chi connectivity index (χ2n) is 3.12. The van der Waals surface area contributed by atoms with Crippen molar-refractivity contribution in [1.82, 2.24) is 14.4 Å². The summed E-state index contributed by atoms with van der Waals surface area (Å²) in [5, 5.41) is 4.12. The third-order valence-corrected chi connectivity index (χ3v) is 3.19. The normalized spacial score (nSPS) is 11.0. The van der Waals surface area contributed by atoms with E-state index in [2.05, 4.69) is 37.3 Å². The summed E-state index contributed by atoms with van der Waals surface area (Å²) in [6.07, 6.45) is 5.68. The molecule has 0 fully saturated rings. The number of halogens is 1. The third-order valence-electron chi connectivity index (χ3n) is 2.10. The molecule has 3 aromatic heterocycles. The molecule has 5 heteroatoms. The molecule has 3 rings (SSSR count). The lowest BCUT2D eigenvalue weighted by Crippen LogP contribution is -1.85. The number of hydrogen-bond acceptors (Lipinski definition) is 3. The lowest BCUT2D eigenvalue weighted by atomic mass is 10.3. The molecular weight excluding hydrogens is 274 g/mol. The number of fused-ring (bicyclic) bond motifs is 1. The Morgan fingerprint density at radius 1 is 1.33 bits per heavy atom. The summed E-state index contributed by atoms with van der Waals surface area (Å²) in [6.45, 7) is 0. The van der Waals surface area contributed by atoms with Crippen LogP contribution < -0.4 is 0 Å². The smallest absolute Gasteiger partial charge is 0.234 e. The Morgan fingerprint density at radius 2 is 2.27 bits per heavy atom. The number of aromatic nitrogens is 3. The number of hydrogen-bond donors (Lipinski definition) is 0. The Hall–Kier alpha value is -1.20. The van der Waals surface area contributed by atoms with Crippen LogP contribution >= 0.6 is 27.3 Å². The highest BCUT2D eigenvalue weighted by molar-refractivity contribution is 9.10. The largest absolute Gasteiger partial charge is 0.289 e. The average molecular weight is 280 g/mol. The van der Waals surface area contributed by atoms with Crippen LogP contribution in [0.15, 0.2) is 39.9 Å². The topological polar surface area (TPSA) is 30.2 Å². The molecule has 0 amide bonds. The van der Waals surface area contributed by atoms with Gasteiger partial charge in [0.1, 0.15) is 0 Å². The van der Waals surface area contributed by atoms with Gasteiger partial charge >= 0.3 is 0 Å². The van der Waals surface area contributed by atoms with Crippen molar-refractivity contribution in [2.75, 3.05) is 0 Å². The highest BCUT2D eigenvalue weighted by Gasteiger charge is 2.05. The predicted molar refractivity (Wildman–Crippen MR) is 64.0 cm³/mol. The Kier molecular flexibility index (Phi) is 2.07. The first-order valence-electron chi connectivity index (χ1n) is 4.36. The molecular formula is C10H6BrN3S. The van der Waals surface area contributed by atoms with Gasteiger partial charge < -0.3 is 0 Å². The van der Waals surface area contributed by atoms with E-state index in [0.29, 0.717) is 0 Å². The third kappa shape index (κ3) is 1.57. The molecule has 15 heavy (non-hydrogen) atoms. The fraction of sp³-hybridized carbons (Fsp3) is 0. The van der Waals surface area contributed by atoms with Gasteiger partial charge in [-0.25, -0.2) is 9.97 Å². The van der Waals surface area contributed by atoms with E-state index in [1.165, 1.54) is 0 Å². The molecule has 0 saturated heterocycles. The molecule has 3 heterocycles. The number of imidazole rings is 1. The summed E-state index contributed by atoms with van der Waals surface area (Å²) in [5.41, 5.74) is 2.10. The van der Waals surface area contributed by atoms with Gasteiger partial charge in [-0.15, -0.1) is 0 Å². The first-order valence-corrected chi connectivity index (χ1v) is 6.09. The van der Waals surface area contributed by atoms with Crippen LogP contribution in [0.5, 0.6) is 0 Å². The summed E-state index contributed by atoms with van der Waals surface area (Å²) < 4.78 is 2.86. The van der Waals surface area contributed by atoms with Crippen LogP contribution in [0, 0.1) is 0 Å². The van der Waals surface area contributed by atoms with Gasteiger partial charge in [0.2, 0.25) is 5.78 Å². The monoisotopic (exact) mass is 279 g/mol. The zero-order valence-corrected chi connectivity index (χ0v) is 9.99. The summed E-state index contributed by atoms with van der Waals surface area (Å²) in [5.74, 6) is 0.722. The molecule has 3 nitrogen and oxygen atoms in total. The van der Waals surface area contributed by atoms with E-state index < -0.39 is 0 Å². The minimum atomic E-state index is 0.722. The molecule has 0 aliphatic carbocycles. The molecule has 74 valence electrons. The predicted octanol–water partition coefficient (Wildman–Crippen LogP) is 3.22. The SMILES string of the molecule is Brc1cnc2nc(-c3ccsc3)cn2c1. The van der Waals surface area contributed by atoms with Crippen molar-refractivity contribution in [2.45, 2.75) is 0 Å². The van der Waals surface area contributed by atoms with E-state index >= 15 is 0 Å². The van der Waals surface area contributed by atoms with E-state index in [1.807, 2.05) is 22.2 Å². The van der Waals surface area contributed by atoms with Crippen molar-refractivity contribution < 1.29 is 0 Å². The van der Waals surface area contributed by atoms with Gasteiger partial charge in [0.15, 0.2) is 0 Å². The van der Waals surface area contributed by atoms with E-state index in [4.69, 9.17) is 0 Å². The van der Waals surface area contributed by atoms with Gasteiger partial charge in [0.25, 0.3) is 0 Å². The molecule has 3 aromatic rings. The summed E-state index contributed by atoms with van der Waals surface area (Å²) in [7, 11) is 0. The van der Waals surface area contributed by atoms with Crippen molar-refractivity contribution in [3.05, 3.63) is 39.9 Å². The van der Waals surface area contributed by atoms with Crippen molar-refractivity contribution in [2.24, 2.45) is 0 Å². The molecule has 0 aliphatic rings. The number of thiophene rings is 1. The molecule has 0 bridgehead atoms. The molecule has 0 aromatic carbocycles. The standard InChI is InChI=1S/C10H6BrN3S/c11-8-3-12-10-13-9(5-14(10)4-8)7-1-2-15-6-7/h1-6H. The van der Waals surface area contributed by atoms with Gasteiger partial charge in [-0.3, -0.25) is 4.40 Å². The van der Waals surface area contributed by atoms with Gasteiger partial charge in [-0.05, 0) is 27.4 Å². The Bertz CT molecular complexity index is 600. The first-order chi connectivity index (χ1) is 7.33. The molecule has 0 saturated carbocycles. The van der Waals surface area contributed by atoms with E-state index in [0.717, 1.165) is 21.5 Å². The second-order valence-corrected chi connectivity index (χ2v) is 4.81. The fourth-order valence-corrected chi connectivity index (χ4v) is 2.38. The van der Waals surface area contributed by atoms with E-state index in [1.54, 1.807) is 17.5 Å². The number of rotatable bonds is 1. The van der Waals surface area contributed by atoms with Crippen LogP contribution in [0.2, 0.25) is 0 Å². The minimum Gasteiger partial charge on any atom is -0.289 e. The Labute approximate surface area is 98.6 Å². The molecule has 0 unspecified atom stereocenters. The highest BCUT2D eigenvalue weighted by atomic mass is 79.9. The second kappa shape index (κ2) is 3.43. The van der Waals surface area contributed by atoms with Crippen LogP contribution in [-0.4, -0.2) is 14.4 Å². The van der Waals surface area contributed by atoms with Gasteiger partial charge in [0.05, 0.1) is 10.2 Å². The van der Waals surface area contributed by atoms with Gasteiger partial charge in [-0.2, -0.15) is 11.3 Å². The van der Waals surface area contributed by atoms with Crippen LogP contribution in [-0.2, 0) is 0 Å². The van der Waals surface area contributed by atoms with Crippen LogP contribution in [0.25, 0.3) is 17.0 Å². The van der Waals surface area contributed by atoms with E-state index in [-0.39, 0.29) is 0 Å². The van der Waals surface area contributed by atoms with Crippen molar-refractivity contribution >= 4 is 33.0 Å². The highest BCUT2D eigenvalue weighted by Crippen LogP contribution is 2.21. The van der Waals surface area contributed by atoms with Gasteiger partial charge in [0, 0.05) is 29.5 Å². The summed E-state index contributed by atoms with van der Waals surface area (Å²) in [4.78, 5) is 8.65. The van der Waals surface area contributed by atoms with E-state index in [9.17, 15) is 0 Å². The van der Waals surface area contributed by atoms with Gasteiger partial charge in [-0.1, -0.05) is 0 Å². The summed E-state index contributed by atoms with van der Waals surface area (Å²) in [6, 6.07) is 2.06. The fourth-order valence-electron chi connectivity index (χ4n) is 1.41. The maximum Gasteiger partial charge on any atom is 0.234 e. The quantitative estimate of drug-likeness (QED) is 0.685. The summed E-state index contributed by atoms with van der Waals surface area (Å²) >= 11 is 5.05.